The van der Waals surface area contributed by atoms with Crippen LogP contribution in [0.25, 0.3) is 11.3 Å². The second-order valence-corrected chi connectivity index (χ2v) is 3.79. The van der Waals surface area contributed by atoms with Gasteiger partial charge in [-0.25, -0.2) is 0 Å². The van der Waals surface area contributed by atoms with E-state index in [4.69, 9.17) is 10.3 Å². The third-order valence-electron chi connectivity index (χ3n) is 1.87. The number of hydrogen-bond acceptors (Lipinski definition) is 5. The van der Waals surface area contributed by atoms with Crippen LogP contribution in [0.5, 0.6) is 11.5 Å². The molecule has 0 aliphatic rings. The Labute approximate surface area is 93.2 Å². The molecule has 0 spiro atoms. The summed E-state index contributed by atoms with van der Waals surface area (Å²) >= 11 is 3.10. The average molecular weight is 271 g/mol. The van der Waals surface area contributed by atoms with E-state index in [9.17, 15) is 10.2 Å². The Morgan fingerprint density at radius 3 is 2.53 bits per heavy atom. The van der Waals surface area contributed by atoms with E-state index in [1.54, 1.807) is 6.07 Å². The number of phenolic OH excluding ortho intramolecular Hbond substituents is 2. The van der Waals surface area contributed by atoms with Crippen molar-refractivity contribution in [2.45, 2.75) is 0 Å². The SMILES string of the molecule is Nc1cc(-c2cc(O)c(O)c(Br)c2)no1. The van der Waals surface area contributed by atoms with Gasteiger partial charge in [-0.3, -0.25) is 0 Å². The Balaban J connectivity index is 2.55. The molecule has 4 N–H and O–H groups in total. The van der Waals surface area contributed by atoms with Gasteiger partial charge < -0.3 is 20.5 Å². The third kappa shape index (κ3) is 1.75. The number of aromatic nitrogens is 1. The fourth-order valence-electron chi connectivity index (χ4n) is 1.16. The standard InChI is InChI=1S/C9H7BrN2O3/c10-5-1-4(2-7(13)9(5)14)6-3-8(11)15-12-6/h1-3,13-14H,11H2. The van der Waals surface area contributed by atoms with Crippen molar-refractivity contribution in [3.05, 3.63) is 22.7 Å². The number of hydrogen-bond donors (Lipinski definition) is 3. The molecule has 0 saturated carbocycles. The number of nitrogen functional groups attached to an aromatic ring is 1. The first kappa shape index (κ1) is 9.85. The maximum Gasteiger partial charge on any atom is 0.222 e. The molecule has 78 valence electrons. The van der Waals surface area contributed by atoms with Crippen LogP contribution in [0.1, 0.15) is 0 Å². The lowest BCUT2D eigenvalue weighted by Crippen LogP contribution is -1.79. The van der Waals surface area contributed by atoms with Gasteiger partial charge in [0.05, 0.1) is 4.47 Å². The zero-order valence-corrected chi connectivity index (χ0v) is 9.02. The van der Waals surface area contributed by atoms with Crippen LogP contribution in [0.3, 0.4) is 0 Å². The highest BCUT2D eigenvalue weighted by atomic mass is 79.9. The van der Waals surface area contributed by atoms with Crippen LogP contribution in [-0.2, 0) is 0 Å². The van der Waals surface area contributed by atoms with Crippen molar-refractivity contribution in [2.24, 2.45) is 0 Å². The van der Waals surface area contributed by atoms with E-state index in [1.165, 1.54) is 12.1 Å². The Bertz CT molecular complexity index is 487. The summed E-state index contributed by atoms with van der Waals surface area (Å²) in [7, 11) is 0. The number of nitrogens with zero attached hydrogens (tertiary/aromatic N) is 1. The van der Waals surface area contributed by atoms with Gasteiger partial charge in [0, 0.05) is 11.6 Å². The predicted octanol–water partition coefficient (Wildman–Crippen LogP) is 2.10. The summed E-state index contributed by atoms with van der Waals surface area (Å²) < 4.78 is 5.07. The molecule has 0 fully saturated rings. The summed E-state index contributed by atoms with van der Waals surface area (Å²) in [6, 6.07) is 4.50. The van der Waals surface area contributed by atoms with E-state index in [0.29, 0.717) is 15.7 Å². The fourth-order valence-corrected chi connectivity index (χ4v) is 1.61. The van der Waals surface area contributed by atoms with Crippen LogP contribution < -0.4 is 5.73 Å². The average Bonchev–Trinajstić information content (AvgIpc) is 2.60. The van der Waals surface area contributed by atoms with Crippen molar-refractivity contribution >= 4 is 21.8 Å². The lowest BCUT2D eigenvalue weighted by Gasteiger charge is -2.02. The molecule has 6 heteroatoms. The van der Waals surface area contributed by atoms with Crippen LogP contribution in [-0.4, -0.2) is 15.4 Å². The lowest BCUT2D eigenvalue weighted by molar-refractivity contribution is 0.401. The minimum Gasteiger partial charge on any atom is -0.504 e. The molecule has 1 aromatic carbocycles. The molecule has 0 unspecified atom stereocenters. The first-order chi connectivity index (χ1) is 7.08. The third-order valence-corrected chi connectivity index (χ3v) is 2.47. The van der Waals surface area contributed by atoms with Gasteiger partial charge in [-0.05, 0) is 28.1 Å². The zero-order valence-electron chi connectivity index (χ0n) is 7.44. The van der Waals surface area contributed by atoms with E-state index in [1.807, 2.05) is 0 Å². The molecular formula is C9H7BrN2O3. The Hall–Kier alpha value is -1.69. The minimum atomic E-state index is -0.235. The smallest absolute Gasteiger partial charge is 0.222 e. The lowest BCUT2D eigenvalue weighted by atomic mass is 10.1. The first-order valence-corrected chi connectivity index (χ1v) is 4.81. The largest absolute Gasteiger partial charge is 0.504 e. The Morgan fingerprint density at radius 2 is 2.00 bits per heavy atom. The van der Waals surface area contributed by atoms with Gasteiger partial charge in [0.2, 0.25) is 5.88 Å². The number of benzene rings is 1. The number of nitrogens with two attached hydrogens (primary N) is 1. The van der Waals surface area contributed by atoms with E-state index < -0.39 is 0 Å². The van der Waals surface area contributed by atoms with Gasteiger partial charge >= 0.3 is 0 Å². The molecule has 2 aromatic rings. The molecule has 0 saturated heterocycles. The van der Waals surface area contributed by atoms with Crippen molar-refractivity contribution in [3.63, 3.8) is 0 Å². The second kappa shape index (κ2) is 3.47. The summed E-state index contributed by atoms with van der Waals surface area (Å²) in [5, 5.41) is 22.4. The summed E-state index contributed by atoms with van der Waals surface area (Å²) in [6.45, 7) is 0. The van der Waals surface area contributed by atoms with Crippen molar-refractivity contribution in [2.75, 3.05) is 5.73 Å². The molecule has 0 aliphatic heterocycles. The van der Waals surface area contributed by atoms with E-state index in [2.05, 4.69) is 21.1 Å². The molecule has 0 atom stereocenters. The van der Waals surface area contributed by atoms with Gasteiger partial charge in [-0.15, -0.1) is 0 Å². The van der Waals surface area contributed by atoms with Crippen molar-refractivity contribution in [3.8, 4) is 22.8 Å². The molecule has 0 bridgehead atoms. The van der Waals surface area contributed by atoms with E-state index in [-0.39, 0.29) is 17.4 Å². The molecule has 1 aromatic heterocycles. The molecule has 1 heterocycles. The van der Waals surface area contributed by atoms with Crippen LogP contribution in [0.15, 0.2) is 27.2 Å². The summed E-state index contributed by atoms with van der Waals surface area (Å²) in [5.74, 6) is -0.259. The van der Waals surface area contributed by atoms with Crippen LogP contribution >= 0.6 is 15.9 Å². The Kier molecular flexibility index (Phi) is 2.28. The monoisotopic (exact) mass is 270 g/mol. The van der Waals surface area contributed by atoms with Gasteiger partial charge in [0.15, 0.2) is 11.5 Å². The second-order valence-electron chi connectivity index (χ2n) is 2.94. The first-order valence-electron chi connectivity index (χ1n) is 4.02. The number of halogens is 1. The maximum absolute atomic E-state index is 9.38. The van der Waals surface area contributed by atoms with Crippen LogP contribution in [0, 0.1) is 0 Å². The van der Waals surface area contributed by atoms with Crippen molar-refractivity contribution in [1.29, 1.82) is 0 Å². The van der Waals surface area contributed by atoms with E-state index in [0.717, 1.165) is 0 Å². The summed E-state index contributed by atoms with van der Waals surface area (Å²) in [6.07, 6.45) is 0. The molecule has 5 nitrogen and oxygen atoms in total. The summed E-state index contributed by atoms with van der Waals surface area (Å²) in [5.41, 5.74) is 6.45. The normalized spacial score (nSPS) is 10.5. The van der Waals surface area contributed by atoms with E-state index >= 15 is 0 Å². The molecule has 0 amide bonds. The molecule has 2 rings (SSSR count). The fraction of sp³-hybridized carbons (Fsp3) is 0. The van der Waals surface area contributed by atoms with Gasteiger partial charge in [-0.1, -0.05) is 5.16 Å². The highest BCUT2D eigenvalue weighted by Crippen LogP contribution is 2.37. The van der Waals surface area contributed by atoms with Crippen molar-refractivity contribution < 1.29 is 14.7 Å². The van der Waals surface area contributed by atoms with Gasteiger partial charge in [-0.2, -0.15) is 0 Å². The molecular weight excluding hydrogens is 264 g/mol. The summed E-state index contributed by atoms with van der Waals surface area (Å²) in [4.78, 5) is 0. The molecule has 0 aliphatic carbocycles. The quantitative estimate of drug-likeness (QED) is 0.690. The van der Waals surface area contributed by atoms with Gasteiger partial charge in [0.25, 0.3) is 0 Å². The molecule has 15 heavy (non-hydrogen) atoms. The highest BCUT2D eigenvalue weighted by molar-refractivity contribution is 9.10. The molecule has 0 radical (unpaired) electrons. The minimum absolute atomic E-state index is 0.189. The predicted molar refractivity (Wildman–Crippen MR) is 57.4 cm³/mol. The highest BCUT2D eigenvalue weighted by Gasteiger charge is 2.11. The topological polar surface area (TPSA) is 92.5 Å². The number of aromatic hydroxyl groups is 2. The number of rotatable bonds is 1. The zero-order chi connectivity index (χ0) is 11.0. The Morgan fingerprint density at radius 1 is 1.27 bits per heavy atom. The number of phenols is 2. The van der Waals surface area contributed by atoms with Crippen LogP contribution in [0.4, 0.5) is 5.88 Å². The van der Waals surface area contributed by atoms with Crippen molar-refractivity contribution in [1.82, 2.24) is 5.16 Å². The van der Waals surface area contributed by atoms with Crippen LogP contribution in [0.2, 0.25) is 0 Å². The van der Waals surface area contributed by atoms with Gasteiger partial charge in [0.1, 0.15) is 5.69 Å². The maximum atomic E-state index is 9.38. The number of anilines is 1.